The van der Waals surface area contributed by atoms with Crippen LogP contribution in [0.25, 0.3) is 0 Å². The Morgan fingerprint density at radius 1 is 0.929 bits per heavy atom. The number of para-hydroxylation sites is 1. The zero-order valence-corrected chi connectivity index (χ0v) is 15.5. The van der Waals surface area contributed by atoms with E-state index in [1.54, 1.807) is 6.92 Å². The van der Waals surface area contributed by atoms with E-state index in [1.807, 2.05) is 30.3 Å². The molecule has 0 aromatic heterocycles. The monoisotopic (exact) mass is 386 g/mol. The van der Waals surface area contributed by atoms with E-state index in [-0.39, 0.29) is 12.2 Å². The Morgan fingerprint density at radius 3 is 2.32 bits per heavy atom. The maximum Gasteiger partial charge on any atom is 0.411 e. The van der Waals surface area contributed by atoms with Crippen LogP contribution < -0.4 is 15.4 Å². The van der Waals surface area contributed by atoms with Crippen LogP contribution >= 0.6 is 0 Å². The Kier molecular flexibility index (Phi) is 8.32. The van der Waals surface area contributed by atoms with E-state index in [9.17, 15) is 14.4 Å². The van der Waals surface area contributed by atoms with Crippen LogP contribution in [0.5, 0.6) is 5.75 Å². The number of hydrogen-bond donors (Lipinski definition) is 2. The number of rotatable bonds is 9. The van der Waals surface area contributed by atoms with Crippen LogP contribution in [0.4, 0.5) is 10.5 Å². The van der Waals surface area contributed by atoms with Gasteiger partial charge in [0.05, 0.1) is 18.7 Å². The average molecular weight is 386 g/mol. The minimum atomic E-state index is -0.640. The predicted octanol–water partition coefficient (Wildman–Crippen LogP) is 2.61. The average Bonchev–Trinajstić information content (AvgIpc) is 2.71. The van der Waals surface area contributed by atoms with E-state index < -0.39 is 24.6 Å². The van der Waals surface area contributed by atoms with Crippen LogP contribution in [0.2, 0.25) is 0 Å². The number of anilines is 1. The molecule has 0 aliphatic heterocycles. The Labute approximate surface area is 162 Å². The fourth-order valence-electron chi connectivity index (χ4n) is 2.12. The van der Waals surface area contributed by atoms with Crippen molar-refractivity contribution in [3.63, 3.8) is 0 Å². The number of amides is 2. The van der Waals surface area contributed by atoms with Crippen LogP contribution in [0.1, 0.15) is 17.3 Å². The zero-order valence-electron chi connectivity index (χ0n) is 15.5. The van der Waals surface area contributed by atoms with Gasteiger partial charge < -0.3 is 19.5 Å². The van der Waals surface area contributed by atoms with Gasteiger partial charge in [0.25, 0.3) is 5.91 Å². The van der Waals surface area contributed by atoms with Gasteiger partial charge in [-0.15, -0.1) is 0 Å². The fourth-order valence-corrected chi connectivity index (χ4v) is 2.12. The van der Waals surface area contributed by atoms with Gasteiger partial charge in [-0.2, -0.15) is 0 Å². The molecule has 0 aliphatic carbocycles. The molecule has 28 heavy (non-hydrogen) atoms. The second kappa shape index (κ2) is 11.2. The highest BCUT2D eigenvalue weighted by Gasteiger charge is 2.10. The lowest BCUT2D eigenvalue weighted by Crippen LogP contribution is -2.32. The third-order valence-electron chi connectivity index (χ3n) is 3.41. The molecule has 2 aromatic carbocycles. The van der Waals surface area contributed by atoms with Crippen molar-refractivity contribution >= 4 is 23.7 Å². The number of hydrogen-bond acceptors (Lipinski definition) is 6. The lowest BCUT2D eigenvalue weighted by molar-refractivity contribution is -0.124. The maximum atomic E-state index is 12.0. The van der Waals surface area contributed by atoms with E-state index in [2.05, 4.69) is 10.6 Å². The van der Waals surface area contributed by atoms with Gasteiger partial charge >= 0.3 is 12.1 Å². The lowest BCUT2D eigenvalue weighted by Gasteiger charge is -2.09. The third kappa shape index (κ3) is 7.36. The molecule has 0 saturated carbocycles. The first-order chi connectivity index (χ1) is 13.6. The van der Waals surface area contributed by atoms with Gasteiger partial charge in [-0.3, -0.25) is 10.1 Å². The van der Waals surface area contributed by atoms with Crippen molar-refractivity contribution in [2.24, 2.45) is 0 Å². The van der Waals surface area contributed by atoms with Gasteiger partial charge in [0.2, 0.25) is 0 Å². The summed E-state index contributed by atoms with van der Waals surface area (Å²) in [6.07, 6.45) is -0.578. The highest BCUT2D eigenvalue weighted by atomic mass is 16.5. The minimum absolute atomic E-state index is 0.259. The molecule has 0 aliphatic rings. The van der Waals surface area contributed by atoms with E-state index >= 15 is 0 Å². The van der Waals surface area contributed by atoms with Crippen molar-refractivity contribution in [2.45, 2.75) is 6.92 Å². The molecule has 0 fully saturated rings. The predicted molar refractivity (Wildman–Crippen MR) is 102 cm³/mol. The molecule has 0 saturated heterocycles. The summed E-state index contributed by atoms with van der Waals surface area (Å²) in [6.45, 7) is 2.16. The Morgan fingerprint density at radius 2 is 1.64 bits per heavy atom. The molecule has 2 aromatic rings. The topological polar surface area (TPSA) is 103 Å². The highest BCUT2D eigenvalue weighted by molar-refractivity contribution is 5.92. The summed E-state index contributed by atoms with van der Waals surface area (Å²) >= 11 is 0. The van der Waals surface area contributed by atoms with Gasteiger partial charge in [0.1, 0.15) is 12.4 Å². The summed E-state index contributed by atoms with van der Waals surface area (Å²) in [4.78, 5) is 35.0. The summed E-state index contributed by atoms with van der Waals surface area (Å²) in [5.74, 6) is -0.354. The van der Waals surface area contributed by atoms with E-state index in [4.69, 9.17) is 14.2 Å². The smallest absolute Gasteiger partial charge is 0.411 e. The first-order valence-electron chi connectivity index (χ1n) is 8.74. The van der Waals surface area contributed by atoms with E-state index in [0.29, 0.717) is 24.6 Å². The molecule has 0 unspecified atom stereocenters. The highest BCUT2D eigenvalue weighted by Crippen LogP contribution is 2.11. The first-order valence-corrected chi connectivity index (χ1v) is 8.74. The molecule has 2 rings (SSSR count). The SMILES string of the molecule is CCOC(=O)Nc1ccc(C(=O)OCC(=O)NCCOc2ccccc2)cc1. The summed E-state index contributed by atoms with van der Waals surface area (Å²) in [5.41, 5.74) is 0.737. The van der Waals surface area contributed by atoms with E-state index in [0.717, 1.165) is 0 Å². The molecule has 0 atom stereocenters. The van der Waals surface area contributed by atoms with Gasteiger partial charge in [0.15, 0.2) is 6.61 Å². The molecule has 0 bridgehead atoms. The van der Waals surface area contributed by atoms with Crippen molar-refractivity contribution in [3.8, 4) is 5.75 Å². The van der Waals surface area contributed by atoms with Crippen LogP contribution in [0.3, 0.4) is 0 Å². The second-order valence-electron chi connectivity index (χ2n) is 5.51. The van der Waals surface area contributed by atoms with Gasteiger partial charge in [-0.1, -0.05) is 18.2 Å². The Hall–Kier alpha value is -3.55. The molecule has 2 N–H and O–H groups in total. The molecule has 0 heterocycles. The van der Waals surface area contributed by atoms with Crippen LogP contribution in [0, 0.1) is 0 Å². The van der Waals surface area contributed by atoms with E-state index in [1.165, 1.54) is 24.3 Å². The molecule has 8 nitrogen and oxygen atoms in total. The van der Waals surface area contributed by atoms with Crippen molar-refractivity contribution in [1.29, 1.82) is 0 Å². The lowest BCUT2D eigenvalue weighted by atomic mass is 10.2. The Balaban J connectivity index is 1.66. The molecular formula is C20H22N2O6. The Bertz CT molecular complexity index is 777. The number of nitrogens with one attached hydrogen (secondary N) is 2. The summed E-state index contributed by atoms with van der Waals surface area (Å²) in [5, 5.41) is 5.11. The zero-order chi connectivity index (χ0) is 20.2. The normalized spacial score (nSPS) is 9.89. The van der Waals surface area contributed by atoms with Crippen molar-refractivity contribution in [3.05, 3.63) is 60.2 Å². The number of esters is 1. The molecule has 0 radical (unpaired) electrons. The number of carbonyl (C=O) groups is 3. The van der Waals surface area contributed by atoms with Crippen molar-refractivity contribution < 1.29 is 28.6 Å². The third-order valence-corrected chi connectivity index (χ3v) is 3.41. The van der Waals surface area contributed by atoms with Gasteiger partial charge in [-0.25, -0.2) is 9.59 Å². The summed E-state index contributed by atoms with van der Waals surface area (Å²) < 4.78 is 15.2. The van der Waals surface area contributed by atoms with Gasteiger partial charge in [0, 0.05) is 5.69 Å². The van der Waals surface area contributed by atoms with Crippen molar-refractivity contribution in [1.82, 2.24) is 5.32 Å². The van der Waals surface area contributed by atoms with Crippen LogP contribution in [0.15, 0.2) is 54.6 Å². The molecule has 2 amide bonds. The molecule has 8 heteroatoms. The van der Waals surface area contributed by atoms with Crippen LogP contribution in [-0.2, 0) is 14.3 Å². The van der Waals surface area contributed by atoms with Crippen LogP contribution in [-0.4, -0.2) is 44.3 Å². The minimum Gasteiger partial charge on any atom is -0.492 e. The maximum absolute atomic E-state index is 12.0. The molecule has 0 spiro atoms. The fraction of sp³-hybridized carbons (Fsp3) is 0.250. The molecule has 148 valence electrons. The first kappa shape index (κ1) is 20.8. The molecular weight excluding hydrogens is 364 g/mol. The number of carbonyl (C=O) groups excluding carboxylic acids is 3. The van der Waals surface area contributed by atoms with Gasteiger partial charge in [-0.05, 0) is 43.3 Å². The number of benzene rings is 2. The van der Waals surface area contributed by atoms with Crippen molar-refractivity contribution in [2.75, 3.05) is 31.7 Å². The number of ether oxygens (including phenoxy) is 3. The largest absolute Gasteiger partial charge is 0.492 e. The summed E-state index contributed by atoms with van der Waals surface area (Å²) in [7, 11) is 0. The quantitative estimate of drug-likeness (QED) is 0.507. The standard InChI is InChI=1S/C20H22N2O6/c1-2-26-20(25)22-16-10-8-15(9-11-16)19(24)28-14-18(23)21-12-13-27-17-6-4-3-5-7-17/h3-11H,2,12-14H2,1H3,(H,21,23)(H,22,25). The second-order valence-corrected chi connectivity index (χ2v) is 5.51. The summed E-state index contributed by atoms with van der Waals surface area (Å²) in [6, 6.07) is 15.3.